The number of carbonyl (C=O) groups excluding carboxylic acids is 3. The molecule has 0 heterocycles. The number of benzene rings is 2. The highest BCUT2D eigenvalue weighted by Crippen LogP contribution is 2.18. The van der Waals surface area contributed by atoms with Gasteiger partial charge in [-0.3, -0.25) is 19.7 Å². The molecule has 0 saturated carbocycles. The highest BCUT2D eigenvalue weighted by molar-refractivity contribution is 5.94. The Labute approximate surface area is 166 Å². The molecule has 0 atom stereocenters. The molecule has 2 rings (SSSR count). The largest absolute Gasteiger partial charge is 0.459 e. The number of esters is 2. The number of anilines is 1. The minimum Gasteiger partial charge on any atom is -0.459 e. The lowest BCUT2D eigenvalue weighted by atomic mass is 10.1. The lowest BCUT2D eigenvalue weighted by Crippen LogP contribution is -2.21. The summed E-state index contributed by atoms with van der Waals surface area (Å²) < 4.78 is 9.94. The van der Waals surface area contributed by atoms with Gasteiger partial charge in [0.15, 0.2) is 6.61 Å². The summed E-state index contributed by atoms with van der Waals surface area (Å²) in [5.74, 6) is -1.82. The first kappa shape index (κ1) is 21.5. The number of nitrogens with zero attached hydrogens (tertiary/aromatic N) is 1. The number of nitro groups is 1. The van der Waals surface area contributed by atoms with Gasteiger partial charge < -0.3 is 14.8 Å². The minimum absolute atomic E-state index is 0.190. The Morgan fingerprint density at radius 2 is 1.72 bits per heavy atom. The number of nitrogens with one attached hydrogen (secondary N) is 1. The van der Waals surface area contributed by atoms with Crippen LogP contribution in [-0.2, 0) is 25.5 Å². The maximum atomic E-state index is 11.9. The average Bonchev–Trinajstić information content (AvgIpc) is 2.66. The molecule has 2 aromatic carbocycles. The van der Waals surface area contributed by atoms with Crippen molar-refractivity contribution in [3.8, 4) is 0 Å². The molecule has 0 saturated heterocycles. The van der Waals surface area contributed by atoms with Crippen molar-refractivity contribution in [3.63, 3.8) is 0 Å². The predicted octanol–water partition coefficient (Wildman–Crippen LogP) is 2.88. The van der Waals surface area contributed by atoms with Crippen molar-refractivity contribution >= 4 is 29.2 Å². The van der Waals surface area contributed by atoms with Gasteiger partial charge in [-0.1, -0.05) is 18.2 Å². The number of rotatable bonds is 8. The minimum atomic E-state index is -0.763. The van der Waals surface area contributed by atoms with E-state index in [1.165, 1.54) is 42.5 Å². The Balaban J connectivity index is 1.84. The second-order valence-electron chi connectivity index (χ2n) is 6.30. The highest BCUT2D eigenvalue weighted by atomic mass is 16.6. The van der Waals surface area contributed by atoms with Crippen molar-refractivity contribution in [1.29, 1.82) is 0 Å². The van der Waals surface area contributed by atoms with Gasteiger partial charge in [-0.05, 0) is 38.1 Å². The van der Waals surface area contributed by atoms with Crippen LogP contribution in [0.3, 0.4) is 0 Å². The van der Waals surface area contributed by atoms with Crippen molar-refractivity contribution in [2.45, 2.75) is 26.4 Å². The zero-order chi connectivity index (χ0) is 21.4. The molecule has 2 aromatic rings. The molecule has 1 amide bonds. The molecule has 29 heavy (non-hydrogen) atoms. The predicted molar refractivity (Wildman–Crippen MR) is 103 cm³/mol. The third-order valence-corrected chi connectivity index (χ3v) is 3.63. The van der Waals surface area contributed by atoms with Gasteiger partial charge >= 0.3 is 11.9 Å². The van der Waals surface area contributed by atoms with E-state index < -0.39 is 29.4 Å². The lowest BCUT2D eigenvalue weighted by molar-refractivity contribution is -0.385. The molecular weight excluding hydrogens is 380 g/mol. The van der Waals surface area contributed by atoms with E-state index >= 15 is 0 Å². The van der Waals surface area contributed by atoms with Crippen LogP contribution in [0.4, 0.5) is 11.4 Å². The van der Waals surface area contributed by atoms with Crippen LogP contribution in [0.2, 0.25) is 0 Å². The molecule has 0 aromatic heterocycles. The van der Waals surface area contributed by atoms with E-state index in [4.69, 9.17) is 9.47 Å². The maximum absolute atomic E-state index is 11.9. The van der Waals surface area contributed by atoms with E-state index in [1.54, 1.807) is 19.9 Å². The number of amides is 1. The number of hydrogen-bond acceptors (Lipinski definition) is 7. The van der Waals surface area contributed by atoms with Gasteiger partial charge in [0.05, 0.1) is 23.0 Å². The van der Waals surface area contributed by atoms with Gasteiger partial charge in [0.1, 0.15) is 0 Å². The molecule has 152 valence electrons. The molecule has 0 radical (unpaired) electrons. The van der Waals surface area contributed by atoms with Crippen LogP contribution in [0, 0.1) is 10.1 Å². The smallest absolute Gasteiger partial charge is 0.338 e. The van der Waals surface area contributed by atoms with Gasteiger partial charge in [-0.15, -0.1) is 0 Å². The number of ether oxygens (including phenoxy) is 2. The number of para-hydroxylation sites is 1. The number of carbonyl (C=O) groups is 3. The average molecular weight is 400 g/mol. The quantitative estimate of drug-likeness (QED) is 0.410. The van der Waals surface area contributed by atoms with Crippen LogP contribution in [0.5, 0.6) is 0 Å². The molecule has 0 fully saturated rings. The molecule has 0 aliphatic carbocycles. The summed E-state index contributed by atoms with van der Waals surface area (Å²) in [5.41, 5.74) is 0.759. The third kappa shape index (κ3) is 6.73. The Bertz CT molecular complexity index is 907. The fourth-order valence-corrected chi connectivity index (χ4v) is 2.36. The molecule has 1 N–H and O–H groups in total. The first-order chi connectivity index (χ1) is 13.8. The molecular formula is C20H20N2O7. The van der Waals surface area contributed by atoms with Crippen LogP contribution >= 0.6 is 0 Å². The van der Waals surface area contributed by atoms with Gasteiger partial charge in [-0.2, -0.15) is 0 Å². The zero-order valence-electron chi connectivity index (χ0n) is 15.9. The monoisotopic (exact) mass is 400 g/mol. The summed E-state index contributed by atoms with van der Waals surface area (Å²) in [5, 5.41) is 13.5. The zero-order valence-corrected chi connectivity index (χ0v) is 15.9. The van der Waals surface area contributed by atoms with E-state index in [9.17, 15) is 24.5 Å². The maximum Gasteiger partial charge on any atom is 0.338 e. The Morgan fingerprint density at radius 1 is 1.07 bits per heavy atom. The Kier molecular flexibility index (Phi) is 7.41. The molecule has 0 unspecified atom stereocenters. The standard InChI is InChI=1S/C20H20N2O7/c1-13(2)29-20(25)14-7-9-16(10-8-14)21-18(23)12-28-19(24)11-15-5-3-4-6-17(15)22(26)27/h3-10,13H,11-12H2,1-2H3,(H,21,23). The first-order valence-corrected chi connectivity index (χ1v) is 8.75. The molecule has 0 aliphatic heterocycles. The first-order valence-electron chi connectivity index (χ1n) is 8.75. The summed E-state index contributed by atoms with van der Waals surface area (Å²) in [6.07, 6.45) is -0.564. The number of nitro benzene ring substituents is 1. The van der Waals surface area contributed by atoms with E-state index in [0.717, 1.165) is 0 Å². The highest BCUT2D eigenvalue weighted by Gasteiger charge is 2.17. The summed E-state index contributed by atoms with van der Waals surface area (Å²) >= 11 is 0. The summed E-state index contributed by atoms with van der Waals surface area (Å²) in [6, 6.07) is 11.8. The van der Waals surface area contributed by atoms with E-state index in [0.29, 0.717) is 11.3 Å². The van der Waals surface area contributed by atoms with Crippen LogP contribution in [0.25, 0.3) is 0 Å². The second-order valence-corrected chi connectivity index (χ2v) is 6.30. The van der Waals surface area contributed by atoms with Crippen molar-refractivity contribution in [2.75, 3.05) is 11.9 Å². The van der Waals surface area contributed by atoms with Crippen LogP contribution in [0.15, 0.2) is 48.5 Å². The summed E-state index contributed by atoms with van der Waals surface area (Å²) in [7, 11) is 0. The van der Waals surface area contributed by atoms with E-state index in [1.807, 2.05) is 0 Å². The fraction of sp³-hybridized carbons (Fsp3) is 0.250. The van der Waals surface area contributed by atoms with Crippen LogP contribution in [0.1, 0.15) is 29.8 Å². The van der Waals surface area contributed by atoms with E-state index in [-0.39, 0.29) is 23.8 Å². The summed E-state index contributed by atoms with van der Waals surface area (Å²) in [6.45, 7) is 2.93. The van der Waals surface area contributed by atoms with Crippen molar-refractivity contribution in [2.24, 2.45) is 0 Å². The second kappa shape index (κ2) is 9.98. The van der Waals surface area contributed by atoms with Crippen molar-refractivity contribution < 1.29 is 28.8 Å². The van der Waals surface area contributed by atoms with Crippen LogP contribution < -0.4 is 5.32 Å². The third-order valence-electron chi connectivity index (χ3n) is 3.63. The van der Waals surface area contributed by atoms with Gasteiger partial charge in [0.2, 0.25) is 0 Å². The fourth-order valence-electron chi connectivity index (χ4n) is 2.36. The van der Waals surface area contributed by atoms with Gasteiger partial charge in [-0.25, -0.2) is 4.79 Å². The molecule has 9 heteroatoms. The van der Waals surface area contributed by atoms with E-state index in [2.05, 4.69) is 5.32 Å². The van der Waals surface area contributed by atoms with Crippen molar-refractivity contribution in [3.05, 3.63) is 69.8 Å². The lowest BCUT2D eigenvalue weighted by Gasteiger charge is -2.09. The van der Waals surface area contributed by atoms with Crippen molar-refractivity contribution in [1.82, 2.24) is 0 Å². The van der Waals surface area contributed by atoms with Gasteiger partial charge in [0.25, 0.3) is 11.6 Å². The molecule has 9 nitrogen and oxygen atoms in total. The normalized spacial score (nSPS) is 10.3. The molecule has 0 bridgehead atoms. The molecule has 0 aliphatic rings. The Morgan fingerprint density at radius 3 is 2.34 bits per heavy atom. The topological polar surface area (TPSA) is 125 Å². The number of hydrogen-bond donors (Lipinski definition) is 1. The Hall–Kier alpha value is -3.75. The summed E-state index contributed by atoms with van der Waals surface area (Å²) in [4.78, 5) is 45.9. The van der Waals surface area contributed by atoms with Gasteiger partial charge in [0, 0.05) is 17.3 Å². The SMILES string of the molecule is CC(C)OC(=O)c1ccc(NC(=O)COC(=O)Cc2ccccc2[N+](=O)[O-])cc1. The van der Waals surface area contributed by atoms with Crippen LogP contribution in [-0.4, -0.2) is 35.5 Å². The molecule has 0 spiro atoms.